The molecule has 0 aliphatic rings. The lowest BCUT2D eigenvalue weighted by Gasteiger charge is -2.11. The third-order valence-electron chi connectivity index (χ3n) is 2.20. The number of nitrogen functional groups attached to an aromatic ring is 1. The smallest absolute Gasteiger partial charge is 0.122 e. The summed E-state index contributed by atoms with van der Waals surface area (Å²) in [4.78, 5) is 5.35. The first kappa shape index (κ1) is 14.2. The highest BCUT2D eigenvalue weighted by Crippen LogP contribution is 2.31. The monoisotopic (exact) mass is 338 g/mol. The van der Waals surface area contributed by atoms with Crippen LogP contribution in [0.15, 0.2) is 50.9 Å². The Morgan fingerprint density at radius 2 is 2.05 bits per heavy atom. The number of nitrogens with two attached hydrogens (primary N) is 1. The molecule has 2 aromatic rings. The topological polar surface area (TPSA) is 48.1 Å². The Hall–Kier alpha value is -1.20. The average Bonchev–Trinajstić information content (AvgIpc) is 2.30. The van der Waals surface area contributed by atoms with Crippen LogP contribution < -0.4 is 10.5 Å². The molecular weight excluding hydrogens is 324 g/mol. The van der Waals surface area contributed by atoms with Crippen LogP contribution in [0.3, 0.4) is 0 Å². The molecule has 0 fully saturated rings. The molecule has 0 aliphatic carbocycles. The number of anilines is 1. The normalized spacial score (nSPS) is 10.7. The number of rotatable bonds is 4. The van der Waals surface area contributed by atoms with E-state index in [1.165, 1.54) is 0 Å². The van der Waals surface area contributed by atoms with E-state index in [0.29, 0.717) is 5.69 Å². The fourth-order valence-corrected chi connectivity index (χ4v) is 2.62. The van der Waals surface area contributed by atoms with Gasteiger partial charge in [0.2, 0.25) is 0 Å². The molecule has 5 heteroatoms. The maximum atomic E-state index is 5.89. The molecule has 0 spiro atoms. The average molecular weight is 339 g/mol. The lowest BCUT2D eigenvalue weighted by Crippen LogP contribution is -2.05. The molecule has 1 aromatic carbocycles. The van der Waals surface area contributed by atoms with Crippen molar-refractivity contribution in [3.05, 3.63) is 41.0 Å². The lowest BCUT2D eigenvalue weighted by molar-refractivity contribution is 0.242. The van der Waals surface area contributed by atoms with Gasteiger partial charge in [0.1, 0.15) is 10.8 Å². The summed E-state index contributed by atoms with van der Waals surface area (Å²) in [6, 6.07) is 9.65. The summed E-state index contributed by atoms with van der Waals surface area (Å²) < 4.78 is 6.64. The van der Waals surface area contributed by atoms with E-state index in [0.717, 1.165) is 20.1 Å². The zero-order valence-corrected chi connectivity index (χ0v) is 13.2. The minimum absolute atomic E-state index is 0.130. The summed E-state index contributed by atoms with van der Waals surface area (Å²) in [7, 11) is 0. The van der Waals surface area contributed by atoms with E-state index >= 15 is 0 Å². The Labute approximate surface area is 125 Å². The van der Waals surface area contributed by atoms with Crippen molar-refractivity contribution in [3.8, 4) is 5.75 Å². The summed E-state index contributed by atoms with van der Waals surface area (Å²) in [5.74, 6) is 0.787. The van der Waals surface area contributed by atoms with Crippen LogP contribution in [0.2, 0.25) is 0 Å². The van der Waals surface area contributed by atoms with Crippen LogP contribution in [0.25, 0.3) is 0 Å². The molecule has 0 saturated carbocycles. The highest BCUT2D eigenvalue weighted by molar-refractivity contribution is 9.10. The predicted molar refractivity (Wildman–Crippen MR) is 82.7 cm³/mol. The van der Waals surface area contributed by atoms with Gasteiger partial charge >= 0.3 is 0 Å². The second kappa shape index (κ2) is 6.30. The van der Waals surface area contributed by atoms with E-state index in [1.54, 1.807) is 18.0 Å². The summed E-state index contributed by atoms with van der Waals surface area (Å²) in [5, 5.41) is 0.921. The van der Waals surface area contributed by atoms with E-state index in [9.17, 15) is 0 Å². The Morgan fingerprint density at radius 3 is 2.68 bits per heavy atom. The molecule has 0 atom stereocenters. The summed E-state index contributed by atoms with van der Waals surface area (Å²) >= 11 is 4.93. The maximum absolute atomic E-state index is 5.89. The Balaban J connectivity index is 2.19. The largest absolute Gasteiger partial charge is 0.491 e. The first-order chi connectivity index (χ1) is 9.02. The van der Waals surface area contributed by atoms with Gasteiger partial charge < -0.3 is 10.5 Å². The molecule has 3 nitrogen and oxygen atoms in total. The van der Waals surface area contributed by atoms with Gasteiger partial charge in [-0.05, 0) is 54.0 Å². The Kier molecular flexibility index (Phi) is 4.71. The Bertz CT molecular complexity index is 558. The van der Waals surface area contributed by atoms with Crippen molar-refractivity contribution in [2.24, 2.45) is 0 Å². The van der Waals surface area contributed by atoms with Crippen LogP contribution in [0.4, 0.5) is 5.69 Å². The van der Waals surface area contributed by atoms with E-state index in [-0.39, 0.29) is 6.10 Å². The highest BCUT2D eigenvalue weighted by atomic mass is 79.9. The molecule has 2 N–H and O–H groups in total. The van der Waals surface area contributed by atoms with E-state index in [2.05, 4.69) is 20.9 Å². The molecule has 2 rings (SSSR count). The SMILES string of the molecule is CC(C)Oc1cc(N)cc(Sc2ccc(Br)cn2)c1. The predicted octanol–water partition coefficient (Wildman–Crippen LogP) is 4.36. The van der Waals surface area contributed by atoms with Crippen LogP contribution in [-0.2, 0) is 0 Å². The maximum Gasteiger partial charge on any atom is 0.122 e. The van der Waals surface area contributed by atoms with Gasteiger partial charge in [-0.25, -0.2) is 4.98 Å². The molecule has 100 valence electrons. The van der Waals surface area contributed by atoms with Gasteiger partial charge in [0.05, 0.1) is 6.10 Å². The molecule has 0 amide bonds. The minimum Gasteiger partial charge on any atom is -0.491 e. The number of nitrogens with zero attached hydrogens (tertiary/aromatic N) is 1. The second-order valence-corrected chi connectivity index (χ2v) is 6.33. The van der Waals surface area contributed by atoms with Crippen molar-refractivity contribution in [2.75, 3.05) is 5.73 Å². The fourth-order valence-electron chi connectivity index (χ4n) is 1.54. The molecule has 0 saturated heterocycles. The second-order valence-electron chi connectivity index (χ2n) is 4.32. The van der Waals surface area contributed by atoms with Crippen molar-refractivity contribution in [1.82, 2.24) is 4.98 Å². The number of benzene rings is 1. The first-order valence-corrected chi connectivity index (χ1v) is 7.50. The zero-order chi connectivity index (χ0) is 13.8. The fraction of sp³-hybridized carbons (Fsp3) is 0.214. The molecule has 1 heterocycles. The van der Waals surface area contributed by atoms with Crippen molar-refractivity contribution < 1.29 is 4.74 Å². The number of pyridine rings is 1. The quantitative estimate of drug-likeness (QED) is 0.841. The van der Waals surface area contributed by atoms with Crippen LogP contribution in [0.1, 0.15) is 13.8 Å². The van der Waals surface area contributed by atoms with Gasteiger partial charge in [-0.15, -0.1) is 0 Å². The highest BCUT2D eigenvalue weighted by Gasteiger charge is 2.05. The summed E-state index contributed by atoms with van der Waals surface area (Å²) in [6.07, 6.45) is 1.91. The van der Waals surface area contributed by atoms with E-state index in [4.69, 9.17) is 10.5 Å². The summed E-state index contributed by atoms with van der Waals surface area (Å²) in [5.41, 5.74) is 6.58. The molecule has 0 radical (unpaired) electrons. The third kappa shape index (κ3) is 4.44. The van der Waals surface area contributed by atoms with Crippen LogP contribution in [0, 0.1) is 0 Å². The molecule has 0 bridgehead atoms. The van der Waals surface area contributed by atoms with Crippen molar-refractivity contribution >= 4 is 33.4 Å². The van der Waals surface area contributed by atoms with Gasteiger partial charge in [-0.3, -0.25) is 0 Å². The number of ether oxygens (including phenoxy) is 1. The number of hydrogen-bond acceptors (Lipinski definition) is 4. The van der Waals surface area contributed by atoms with Crippen LogP contribution >= 0.6 is 27.7 Å². The van der Waals surface area contributed by atoms with Gasteiger partial charge in [-0.2, -0.15) is 0 Å². The molecule has 0 unspecified atom stereocenters. The standard InChI is InChI=1S/C14H15BrN2OS/c1-9(2)18-12-5-11(16)6-13(7-12)19-14-4-3-10(15)8-17-14/h3-9H,16H2,1-2H3. The Morgan fingerprint density at radius 1 is 1.26 bits per heavy atom. The van der Waals surface area contributed by atoms with Gasteiger partial charge in [0.25, 0.3) is 0 Å². The van der Waals surface area contributed by atoms with Crippen molar-refractivity contribution in [1.29, 1.82) is 0 Å². The molecular formula is C14H15BrN2OS. The van der Waals surface area contributed by atoms with Gasteiger partial charge in [-0.1, -0.05) is 11.8 Å². The zero-order valence-electron chi connectivity index (χ0n) is 10.8. The number of halogens is 1. The molecule has 0 aliphatic heterocycles. The number of hydrogen-bond donors (Lipinski definition) is 1. The van der Waals surface area contributed by atoms with Crippen LogP contribution in [0.5, 0.6) is 5.75 Å². The van der Waals surface area contributed by atoms with Gasteiger partial charge in [0.15, 0.2) is 0 Å². The van der Waals surface area contributed by atoms with E-state index in [1.807, 2.05) is 44.2 Å². The van der Waals surface area contributed by atoms with Crippen LogP contribution in [-0.4, -0.2) is 11.1 Å². The van der Waals surface area contributed by atoms with Gasteiger partial charge in [0, 0.05) is 27.3 Å². The van der Waals surface area contributed by atoms with Crippen molar-refractivity contribution in [2.45, 2.75) is 29.9 Å². The molecule has 1 aromatic heterocycles. The first-order valence-electron chi connectivity index (χ1n) is 5.89. The van der Waals surface area contributed by atoms with Crippen molar-refractivity contribution in [3.63, 3.8) is 0 Å². The third-order valence-corrected chi connectivity index (χ3v) is 3.59. The van der Waals surface area contributed by atoms with E-state index < -0.39 is 0 Å². The number of aromatic nitrogens is 1. The lowest BCUT2D eigenvalue weighted by atomic mass is 10.3. The molecule has 19 heavy (non-hydrogen) atoms. The minimum atomic E-state index is 0.130. The summed E-state index contributed by atoms with van der Waals surface area (Å²) in [6.45, 7) is 3.98.